The fourth-order valence-corrected chi connectivity index (χ4v) is 3.93. The van der Waals surface area contributed by atoms with Crippen molar-refractivity contribution in [1.82, 2.24) is 14.9 Å². The first kappa shape index (κ1) is 21.9. The summed E-state index contributed by atoms with van der Waals surface area (Å²) < 4.78 is 0. The van der Waals surface area contributed by atoms with Crippen LogP contribution in [0.3, 0.4) is 0 Å². The van der Waals surface area contributed by atoms with Gasteiger partial charge in [0, 0.05) is 55.6 Å². The third kappa shape index (κ3) is 5.27. The molecular formula is C24H27N5O3. The number of fused-ring (bicyclic) bond motifs is 1. The molecule has 0 spiro atoms. The number of aromatic nitrogens is 2. The van der Waals surface area contributed by atoms with Gasteiger partial charge < -0.3 is 10.4 Å². The summed E-state index contributed by atoms with van der Waals surface area (Å²) in [6.45, 7) is 4.76. The van der Waals surface area contributed by atoms with E-state index in [1.807, 2.05) is 13.0 Å². The van der Waals surface area contributed by atoms with Crippen molar-refractivity contribution in [1.29, 1.82) is 0 Å². The van der Waals surface area contributed by atoms with Crippen LogP contribution in [0.5, 0.6) is 0 Å². The predicted molar refractivity (Wildman–Crippen MR) is 123 cm³/mol. The number of rotatable bonds is 8. The van der Waals surface area contributed by atoms with Gasteiger partial charge in [-0.2, -0.15) is 0 Å². The number of non-ortho nitro benzene ring substituents is 1. The Hall–Kier alpha value is -3.36. The Bertz CT molecular complexity index is 1090. The molecule has 1 aliphatic rings. The molecule has 2 heterocycles. The van der Waals surface area contributed by atoms with E-state index in [9.17, 15) is 15.2 Å². The highest BCUT2D eigenvalue weighted by atomic mass is 16.6. The quantitative estimate of drug-likeness (QED) is 0.414. The predicted octanol–water partition coefficient (Wildman–Crippen LogP) is 3.45. The molecule has 0 saturated heterocycles. The second kappa shape index (κ2) is 9.84. The number of nitro benzene ring substituents is 1. The van der Waals surface area contributed by atoms with E-state index < -0.39 is 11.0 Å². The van der Waals surface area contributed by atoms with E-state index in [4.69, 9.17) is 0 Å². The van der Waals surface area contributed by atoms with Crippen LogP contribution in [-0.2, 0) is 19.4 Å². The number of aryl methyl sites for hydroxylation is 1. The molecule has 166 valence electrons. The van der Waals surface area contributed by atoms with Gasteiger partial charge in [0.2, 0.25) is 0 Å². The van der Waals surface area contributed by atoms with Crippen molar-refractivity contribution >= 4 is 11.5 Å². The first-order chi connectivity index (χ1) is 15.5. The van der Waals surface area contributed by atoms with Gasteiger partial charge in [-0.3, -0.25) is 15.0 Å². The van der Waals surface area contributed by atoms with E-state index in [1.165, 1.54) is 23.3 Å². The SMILES string of the molecule is CCc1cc(NCC(O)CN2CCc3ccccc3C2)nc(-c2ccc([N+](=O)[O-])cc2)n1. The molecule has 0 saturated carbocycles. The first-order valence-electron chi connectivity index (χ1n) is 10.9. The van der Waals surface area contributed by atoms with E-state index in [-0.39, 0.29) is 5.69 Å². The molecule has 8 nitrogen and oxygen atoms in total. The Kier molecular flexibility index (Phi) is 6.72. The van der Waals surface area contributed by atoms with Crippen LogP contribution in [-0.4, -0.2) is 50.6 Å². The lowest BCUT2D eigenvalue weighted by Crippen LogP contribution is -2.39. The number of nitrogens with one attached hydrogen (secondary N) is 1. The van der Waals surface area contributed by atoms with Crippen LogP contribution in [0.2, 0.25) is 0 Å². The summed E-state index contributed by atoms with van der Waals surface area (Å²) in [6.07, 6.45) is 1.19. The van der Waals surface area contributed by atoms with Gasteiger partial charge in [-0.05, 0) is 36.1 Å². The summed E-state index contributed by atoms with van der Waals surface area (Å²) in [5.74, 6) is 1.14. The largest absolute Gasteiger partial charge is 0.390 e. The fourth-order valence-electron chi connectivity index (χ4n) is 3.93. The van der Waals surface area contributed by atoms with Gasteiger partial charge in [-0.25, -0.2) is 9.97 Å². The number of benzene rings is 2. The summed E-state index contributed by atoms with van der Waals surface area (Å²) >= 11 is 0. The van der Waals surface area contributed by atoms with Crippen molar-refractivity contribution in [2.75, 3.05) is 25.0 Å². The summed E-state index contributed by atoms with van der Waals surface area (Å²) in [7, 11) is 0. The van der Waals surface area contributed by atoms with Gasteiger partial charge in [0.1, 0.15) is 5.82 Å². The lowest BCUT2D eigenvalue weighted by Gasteiger charge is -2.30. The molecule has 0 radical (unpaired) electrons. The third-order valence-electron chi connectivity index (χ3n) is 5.68. The number of hydrogen-bond acceptors (Lipinski definition) is 7. The van der Waals surface area contributed by atoms with Crippen LogP contribution in [0.15, 0.2) is 54.6 Å². The second-order valence-electron chi connectivity index (χ2n) is 8.01. The van der Waals surface area contributed by atoms with Gasteiger partial charge in [0.15, 0.2) is 5.82 Å². The maximum atomic E-state index is 10.9. The molecule has 0 amide bonds. The van der Waals surface area contributed by atoms with E-state index >= 15 is 0 Å². The van der Waals surface area contributed by atoms with Crippen LogP contribution in [0, 0.1) is 10.1 Å². The molecule has 0 bridgehead atoms. The van der Waals surface area contributed by atoms with Crippen LogP contribution < -0.4 is 5.32 Å². The van der Waals surface area contributed by atoms with E-state index in [2.05, 4.69) is 44.5 Å². The Morgan fingerprint density at radius 3 is 2.62 bits per heavy atom. The summed E-state index contributed by atoms with van der Waals surface area (Å²) in [5, 5.41) is 24.7. The minimum atomic E-state index is -0.539. The number of hydrogen-bond donors (Lipinski definition) is 2. The lowest BCUT2D eigenvalue weighted by atomic mass is 10.00. The van der Waals surface area contributed by atoms with E-state index in [1.54, 1.807) is 12.1 Å². The Balaban J connectivity index is 1.39. The maximum absolute atomic E-state index is 10.9. The highest BCUT2D eigenvalue weighted by Gasteiger charge is 2.18. The maximum Gasteiger partial charge on any atom is 0.269 e. The Morgan fingerprint density at radius 1 is 1.16 bits per heavy atom. The van der Waals surface area contributed by atoms with Gasteiger partial charge in [0.05, 0.1) is 11.0 Å². The molecule has 1 aromatic heterocycles. The van der Waals surface area contributed by atoms with Gasteiger partial charge >= 0.3 is 0 Å². The molecule has 1 aliphatic heterocycles. The number of aliphatic hydroxyl groups is 1. The normalized spacial score (nSPS) is 14.6. The topological polar surface area (TPSA) is 104 Å². The zero-order chi connectivity index (χ0) is 22.5. The number of β-amino-alcohol motifs (C(OH)–C–C–N with tert-alkyl or cyclic N) is 1. The monoisotopic (exact) mass is 433 g/mol. The highest BCUT2D eigenvalue weighted by Crippen LogP contribution is 2.22. The van der Waals surface area contributed by atoms with Crippen molar-refractivity contribution in [3.8, 4) is 11.4 Å². The summed E-state index contributed by atoms with van der Waals surface area (Å²) in [4.78, 5) is 21.8. The van der Waals surface area contributed by atoms with Crippen molar-refractivity contribution in [2.24, 2.45) is 0 Å². The van der Waals surface area contributed by atoms with Crippen LogP contribution in [0.25, 0.3) is 11.4 Å². The Labute approximate surface area is 187 Å². The van der Waals surface area contributed by atoms with Crippen LogP contribution >= 0.6 is 0 Å². The first-order valence-corrected chi connectivity index (χ1v) is 10.9. The summed E-state index contributed by atoms with van der Waals surface area (Å²) in [6, 6.07) is 16.5. The minimum Gasteiger partial charge on any atom is -0.390 e. The minimum absolute atomic E-state index is 0.0298. The molecule has 0 aliphatic carbocycles. The zero-order valence-corrected chi connectivity index (χ0v) is 18.1. The standard InChI is InChI=1S/C24H27N5O3/c1-2-20-13-23(27-24(26-20)18-7-9-21(10-8-18)29(31)32)25-14-22(30)16-28-12-11-17-5-3-4-6-19(17)15-28/h3-10,13,22,30H,2,11-12,14-16H2,1H3,(H,25,26,27). The van der Waals surface area contributed by atoms with Gasteiger partial charge in [-0.1, -0.05) is 31.2 Å². The number of nitro groups is 1. The van der Waals surface area contributed by atoms with Crippen molar-refractivity contribution in [2.45, 2.75) is 32.4 Å². The molecule has 4 rings (SSSR count). The molecule has 1 unspecified atom stereocenters. The Morgan fingerprint density at radius 2 is 1.91 bits per heavy atom. The van der Waals surface area contributed by atoms with Gasteiger partial charge in [-0.15, -0.1) is 0 Å². The molecular weight excluding hydrogens is 406 g/mol. The molecule has 8 heteroatoms. The average Bonchev–Trinajstić information content (AvgIpc) is 2.82. The number of aliphatic hydroxyl groups excluding tert-OH is 1. The average molecular weight is 434 g/mol. The zero-order valence-electron chi connectivity index (χ0n) is 18.1. The van der Waals surface area contributed by atoms with Crippen LogP contribution in [0.1, 0.15) is 23.7 Å². The number of anilines is 1. The van der Waals surface area contributed by atoms with Gasteiger partial charge in [0.25, 0.3) is 5.69 Å². The lowest BCUT2D eigenvalue weighted by molar-refractivity contribution is -0.384. The summed E-state index contributed by atoms with van der Waals surface area (Å²) in [5.41, 5.74) is 4.32. The molecule has 3 aromatic rings. The van der Waals surface area contributed by atoms with Crippen molar-refractivity contribution in [3.63, 3.8) is 0 Å². The highest BCUT2D eigenvalue weighted by molar-refractivity contribution is 5.59. The van der Waals surface area contributed by atoms with Crippen molar-refractivity contribution < 1.29 is 10.0 Å². The molecule has 32 heavy (non-hydrogen) atoms. The molecule has 0 fully saturated rings. The molecule has 2 aromatic carbocycles. The second-order valence-corrected chi connectivity index (χ2v) is 8.01. The number of nitrogens with zero attached hydrogens (tertiary/aromatic N) is 4. The van der Waals surface area contributed by atoms with Crippen molar-refractivity contribution in [3.05, 3.63) is 81.5 Å². The molecule has 2 N–H and O–H groups in total. The van der Waals surface area contributed by atoms with Crippen LogP contribution in [0.4, 0.5) is 11.5 Å². The fraction of sp³-hybridized carbons (Fsp3) is 0.333. The van der Waals surface area contributed by atoms with E-state index in [0.717, 1.165) is 31.6 Å². The van der Waals surface area contributed by atoms with E-state index in [0.29, 0.717) is 30.3 Å². The smallest absolute Gasteiger partial charge is 0.269 e. The molecule has 1 atom stereocenters. The third-order valence-corrected chi connectivity index (χ3v) is 5.68.